The first-order valence-electron chi connectivity index (χ1n) is 6.42. The van der Waals surface area contributed by atoms with Gasteiger partial charge in [0.1, 0.15) is 0 Å². The lowest BCUT2D eigenvalue weighted by Gasteiger charge is -2.27. The summed E-state index contributed by atoms with van der Waals surface area (Å²) >= 11 is 0. The number of hydrogen-bond donors (Lipinski definition) is 3. The van der Waals surface area contributed by atoms with Crippen molar-refractivity contribution in [2.75, 3.05) is 26.2 Å². The third kappa shape index (κ3) is 5.80. The Hall–Kier alpha value is -0.160. The first kappa shape index (κ1) is 13.9. The molecule has 1 aliphatic carbocycles. The molecule has 0 amide bonds. The van der Waals surface area contributed by atoms with E-state index in [1.165, 1.54) is 12.8 Å². The van der Waals surface area contributed by atoms with Crippen LogP contribution in [0.1, 0.15) is 32.6 Å². The number of aliphatic hydroxyl groups is 1. The van der Waals surface area contributed by atoms with Gasteiger partial charge >= 0.3 is 0 Å². The molecule has 1 saturated carbocycles. The molecule has 1 aliphatic rings. The fraction of sp³-hybridized carbons (Fsp3) is 1.00. The van der Waals surface area contributed by atoms with E-state index < -0.39 is 6.10 Å². The zero-order valence-corrected chi connectivity index (χ0v) is 10.3. The average Bonchev–Trinajstić information content (AvgIpc) is 2.27. The van der Waals surface area contributed by atoms with Gasteiger partial charge in [0.25, 0.3) is 0 Å². The van der Waals surface area contributed by atoms with Crippen LogP contribution in [-0.4, -0.2) is 43.6 Å². The van der Waals surface area contributed by atoms with E-state index in [1.807, 2.05) is 0 Å². The molecule has 3 atom stereocenters. The van der Waals surface area contributed by atoms with Crippen molar-refractivity contribution in [3.8, 4) is 0 Å². The van der Waals surface area contributed by atoms with Gasteiger partial charge in [-0.05, 0) is 18.8 Å². The summed E-state index contributed by atoms with van der Waals surface area (Å²) in [5.74, 6) is 0.770. The molecule has 16 heavy (non-hydrogen) atoms. The molecular weight excluding hydrogens is 204 g/mol. The van der Waals surface area contributed by atoms with E-state index in [9.17, 15) is 5.11 Å². The van der Waals surface area contributed by atoms with Crippen LogP contribution in [0.3, 0.4) is 0 Å². The molecule has 0 aromatic rings. The van der Waals surface area contributed by atoms with Crippen molar-refractivity contribution >= 4 is 0 Å². The van der Waals surface area contributed by atoms with Crippen LogP contribution in [0.5, 0.6) is 0 Å². The molecule has 96 valence electrons. The van der Waals surface area contributed by atoms with Crippen molar-refractivity contribution in [3.05, 3.63) is 0 Å². The van der Waals surface area contributed by atoms with Crippen molar-refractivity contribution in [1.82, 2.24) is 5.32 Å². The molecule has 1 fully saturated rings. The van der Waals surface area contributed by atoms with Gasteiger partial charge in [0, 0.05) is 19.6 Å². The third-order valence-electron chi connectivity index (χ3n) is 3.11. The molecular formula is C12H26N2O2. The smallest absolute Gasteiger partial charge is 0.0897 e. The van der Waals surface area contributed by atoms with Crippen LogP contribution in [0.4, 0.5) is 0 Å². The first-order valence-corrected chi connectivity index (χ1v) is 6.42. The third-order valence-corrected chi connectivity index (χ3v) is 3.11. The van der Waals surface area contributed by atoms with Crippen LogP contribution in [-0.2, 0) is 4.74 Å². The molecule has 4 nitrogen and oxygen atoms in total. The van der Waals surface area contributed by atoms with E-state index in [0.717, 1.165) is 25.3 Å². The molecule has 0 aliphatic heterocycles. The number of aliphatic hydroxyl groups excluding tert-OH is 1. The van der Waals surface area contributed by atoms with Crippen LogP contribution in [0.15, 0.2) is 0 Å². The molecule has 3 unspecified atom stereocenters. The second-order valence-electron chi connectivity index (χ2n) is 4.87. The molecule has 0 spiro atoms. The minimum absolute atomic E-state index is 0.355. The van der Waals surface area contributed by atoms with E-state index in [4.69, 9.17) is 10.5 Å². The normalized spacial score (nSPS) is 27.9. The Morgan fingerprint density at radius 2 is 2.31 bits per heavy atom. The van der Waals surface area contributed by atoms with Gasteiger partial charge in [0.15, 0.2) is 0 Å². The largest absolute Gasteiger partial charge is 0.389 e. The summed E-state index contributed by atoms with van der Waals surface area (Å²) in [6.45, 7) is 4.63. The highest BCUT2D eigenvalue weighted by molar-refractivity contribution is 4.71. The second kappa shape index (κ2) is 8.01. The Balaban J connectivity index is 2.04. The lowest BCUT2D eigenvalue weighted by molar-refractivity contribution is -0.0305. The molecule has 1 rings (SSSR count). The lowest BCUT2D eigenvalue weighted by atomic mass is 9.89. The van der Waals surface area contributed by atoms with Gasteiger partial charge in [-0.25, -0.2) is 0 Å². The molecule has 0 saturated heterocycles. The van der Waals surface area contributed by atoms with Crippen molar-refractivity contribution in [3.63, 3.8) is 0 Å². The number of hydrogen-bond acceptors (Lipinski definition) is 4. The van der Waals surface area contributed by atoms with Crippen LogP contribution in [0, 0.1) is 5.92 Å². The van der Waals surface area contributed by atoms with Gasteiger partial charge in [-0.1, -0.05) is 19.8 Å². The Morgan fingerprint density at radius 1 is 1.50 bits per heavy atom. The molecule has 0 aromatic carbocycles. The maximum absolute atomic E-state index is 9.64. The highest BCUT2D eigenvalue weighted by atomic mass is 16.5. The van der Waals surface area contributed by atoms with Gasteiger partial charge < -0.3 is 20.9 Å². The lowest BCUT2D eigenvalue weighted by Crippen LogP contribution is -2.35. The molecule has 0 bridgehead atoms. The van der Waals surface area contributed by atoms with Gasteiger partial charge in [-0.2, -0.15) is 0 Å². The average molecular weight is 230 g/mol. The number of nitrogens with two attached hydrogens (primary N) is 1. The van der Waals surface area contributed by atoms with Crippen molar-refractivity contribution < 1.29 is 9.84 Å². The van der Waals surface area contributed by atoms with E-state index >= 15 is 0 Å². The SMILES string of the molecule is CC1CCCC(OCC(O)CNCCN)C1. The van der Waals surface area contributed by atoms with E-state index in [0.29, 0.717) is 25.8 Å². The van der Waals surface area contributed by atoms with Crippen LogP contribution in [0.25, 0.3) is 0 Å². The number of rotatable bonds is 7. The van der Waals surface area contributed by atoms with Gasteiger partial charge in [0.05, 0.1) is 18.8 Å². The van der Waals surface area contributed by atoms with Gasteiger partial charge in [0.2, 0.25) is 0 Å². The standard InChI is InChI=1S/C12H26N2O2/c1-10-3-2-4-12(7-10)16-9-11(15)8-14-6-5-13/h10-12,14-15H,2-9,13H2,1H3. The van der Waals surface area contributed by atoms with Crippen LogP contribution < -0.4 is 11.1 Å². The van der Waals surface area contributed by atoms with E-state index in [-0.39, 0.29) is 0 Å². The predicted octanol–water partition coefficient (Wildman–Crippen LogP) is 0.491. The summed E-state index contributed by atoms with van der Waals surface area (Å²) in [4.78, 5) is 0. The maximum Gasteiger partial charge on any atom is 0.0897 e. The highest BCUT2D eigenvalue weighted by Crippen LogP contribution is 2.25. The highest BCUT2D eigenvalue weighted by Gasteiger charge is 2.19. The topological polar surface area (TPSA) is 67.5 Å². The summed E-state index contributed by atoms with van der Waals surface area (Å²) in [5.41, 5.74) is 5.35. The molecule has 4 N–H and O–H groups in total. The fourth-order valence-corrected chi connectivity index (χ4v) is 2.21. The van der Waals surface area contributed by atoms with Crippen molar-refractivity contribution in [2.45, 2.75) is 44.8 Å². The van der Waals surface area contributed by atoms with Gasteiger partial charge in [-0.15, -0.1) is 0 Å². The summed E-state index contributed by atoms with van der Waals surface area (Å²) in [5, 5.41) is 12.7. The minimum Gasteiger partial charge on any atom is -0.389 e. The maximum atomic E-state index is 9.64. The zero-order valence-electron chi connectivity index (χ0n) is 10.3. The quantitative estimate of drug-likeness (QED) is 0.557. The Kier molecular flexibility index (Phi) is 6.96. The minimum atomic E-state index is -0.413. The Labute approximate surface area is 98.5 Å². The summed E-state index contributed by atoms with van der Waals surface area (Å²) in [7, 11) is 0. The van der Waals surface area contributed by atoms with Crippen molar-refractivity contribution in [1.29, 1.82) is 0 Å². The first-order chi connectivity index (χ1) is 7.72. The molecule has 0 radical (unpaired) electrons. The zero-order chi connectivity index (χ0) is 11.8. The van der Waals surface area contributed by atoms with Crippen LogP contribution in [0.2, 0.25) is 0 Å². The predicted molar refractivity (Wildman–Crippen MR) is 65.3 cm³/mol. The molecule has 0 aromatic heterocycles. The number of ether oxygens (including phenoxy) is 1. The summed E-state index contributed by atoms with van der Waals surface area (Å²) in [6.07, 6.45) is 4.81. The van der Waals surface area contributed by atoms with E-state index in [2.05, 4.69) is 12.2 Å². The summed E-state index contributed by atoms with van der Waals surface area (Å²) < 4.78 is 5.72. The van der Waals surface area contributed by atoms with Crippen molar-refractivity contribution in [2.24, 2.45) is 11.7 Å². The number of nitrogens with one attached hydrogen (secondary N) is 1. The van der Waals surface area contributed by atoms with E-state index in [1.54, 1.807) is 0 Å². The van der Waals surface area contributed by atoms with Crippen LogP contribution >= 0.6 is 0 Å². The summed E-state index contributed by atoms with van der Waals surface area (Å²) in [6, 6.07) is 0. The Bertz CT molecular complexity index is 178. The fourth-order valence-electron chi connectivity index (χ4n) is 2.21. The second-order valence-corrected chi connectivity index (χ2v) is 4.87. The molecule has 0 heterocycles. The molecule has 4 heteroatoms. The monoisotopic (exact) mass is 230 g/mol. The Morgan fingerprint density at radius 3 is 3.00 bits per heavy atom. The van der Waals surface area contributed by atoms with Gasteiger partial charge in [-0.3, -0.25) is 0 Å².